The number of nitrogens with zero attached hydrogens (tertiary/aromatic N) is 2. The van der Waals surface area contributed by atoms with Gasteiger partial charge in [0.15, 0.2) is 0 Å². The molecule has 0 saturated carbocycles. The number of hydrogen-bond acceptors (Lipinski definition) is 5. The number of aryl methyl sites for hydroxylation is 1. The number of nitrogens with one attached hydrogen (secondary N) is 1. The normalized spacial score (nSPS) is 11.9. The Labute approximate surface area is 226 Å². The first kappa shape index (κ1) is 28.2. The van der Waals surface area contributed by atoms with Crippen LogP contribution in [0.15, 0.2) is 82.2 Å². The van der Waals surface area contributed by atoms with Crippen molar-refractivity contribution in [3.05, 3.63) is 88.4 Å². The van der Waals surface area contributed by atoms with Crippen molar-refractivity contribution in [2.24, 2.45) is 0 Å². The standard InChI is InChI=1S/C27H30BrN3O5S/c1-19-5-15-25(16-6-19)37(34,35)31(23-11-13-24(36-4)14-12-23)18-26(32)30(20(2)27(33)29-3)17-21-7-9-22(28)10-8-21/h5-16,20H,17-18H2,1-4H3,(H,29,33)/t20-/m0/s1. The van der Waals surface area contributed by atoms with Crippen molar-refractivity contribution in [2.75, 3.05) is 25.0 Å². The zero-order chi connectivity index (χ0) is 27.2. The maximum atomic E-state index is 13.8. The number of amides is 2. The fourth-order valence-electron chi connectivity index (χ4n) is 3.69. The van der Waals surface area contributed by atoms with E-state index in [1.807, 2.05) is 31.2 Å². The lowest BCUT2D eigenvalue weighted by Crippen LogP contribution is -2.50. The van der Waals surface area contributed by atoms with Crippen LogP contribution in [0.5, 0.6) is 5.75 Å². The van der Waals surface area contributed by atoms with E-state index in [0.29, 0.717) is 11.4 Å². The van der Waals surface area contributed by atoms with Crippen molar-refractivity contribution in [3.8, 4) is 5.75 Å². The van der Waals surface area contributed by atoms with Gasteiger partial charge in [0.25, 0.3) is 10.0 Å². The van der Waals surface area contributed by atoms with Gasteiger partial charge in [0, 0.05) is 18.1 Å². The molecule has 1 atom stereocenters. The Kier molecular flexibility index (Phi) is 9.34. The van der Waals surface area contributed by atoms with Gasteiger partial charge in [-0.25, -0.2) is 8.42 Å². The number of carbonyl (C=O) groups is 2. The molecule has 196 valence electrons. The van der Waals surface area contributed by atoms with Gasteiger partial charge in [-0.05, 0) is 67.9 Å². The number of hydrogen-bond donors (Lipinski definition) is 1. The van der Waals surface area contributed by atoms with E-state index in [1.165, 1.54) is 31.2 Å². The average Bonchev–Trinajstić information content (AvgIpc) is 2.90. The van der Waals surface area contributed by atoms with Crippen LogP contribution in [-0.4, -0.2) is 51.9 Å². The highest BCUT2D eigenvalue weighted by Gasteiger charge is 2.32. The Morgan fingerprint density at radius 3 is 2.11 bits per heavy atom. The highest BCUT2D eigenvalue weighted by molar-refractivity contribution is 9.10. The van der Waals surface area contributed by atoms with Crippen LogP contribution >= 0.6 is 15.9 Å². The molecule has 1 N–H and O–H groups in total. The lowest BCUT2D eigenvalue weighted by Gasteiger charge is -2.31. The minimum Gasteiger partial charge on any atom is -0.497 e. The Balaban J connectivity index is 2.02. The number of halogens is 1. The number of sulfonamides is 1. The molecule has 3 rings (SSSR count). The fourth-order valence-corrected chi connectivity index (χ4v) is 5.37. The number of rotatable bonds is 10. The van der Waals surface area contributed by atoms with Crippen molar-refractivity contribution in [2.45, 2.75) is 31.3 Å². The van der Waals surface area contributed by atoms with Crippen LogP contribution < -0.4 is 14.4 Å². The van der Waals surface area contributed by atoms with Crippen LogP contribution in [0.4, 0.5) is 5.69 Å². The second-order valence-corrected chi connectivity index (χ2v) is 11.2. The number of likely N-dealkylation sites (N-methyl/N-ethyl adjacent to an activating group) is 1. The summed E-state index contributed by atoms with van der Waals surface area (Å²) >= 11 is 3.39. The lowest BCUT2D eigenvalue weighted by molar-refractivity contribution is -0.139. The van der Waals surface area contributed by atoms with Crippen molar-refractivity contribution in [1.82, 2.24) is 10.2 Å². The van der Waals surface area contributed by atoms with Crippen LogP contribution in [0.25, 0.3) is 0 Å². The molecule has 0 aromatic heterocycles. The summed E-state index contributed by atoms with van der Waals surface area (Å²) in [6, 6.07) is 19.4. The van der Waals surface area contributed by atoms with Crippen LogP contribution in [0.3, 0.4) is 0 Å². The van der Waals surface area contributed by atoms with Gasteiger partial charge in [-0.3, -0.25) is 13.9 Å². The Morgan fingerprint density at radius 2 is 1.57 bits per heavy atom. The molecule has 0 saturated heterocycles. The lowest BCUT2D eigenvalue weighted by atomic mass is 10.1. The maximum absolute atomic E-state index is 13.8. The van der Waals surface area contributed by atoms with Crippen molar-refractivity contribution < 1.29 is 22.7 Å². The first-order valence-electron chi connectivity index (χ1n) is 11.6. The molecule has 0 bridgehead atoms. The van der Waals surface area contributed by atoms with E-state index >= 15 is 0 Å². The minimum absolute atomic E-state index is 0.0560. The summed E-state index contributed by atoms with van der Waals surface area (Å²) in [6.07, 6.45) is 0. The second kappa shape index (κ2) is 12.2. The summed E-state index contributed by atoms with van der Waals surface area (Å²) in [4.78, 5) is 27.7. The number of anilines is 1. The summed E-state index contributed by atoms with van der Waals surface area (Å²) in [5.41, 5.74) is 2.00. The third kappa shape index (κ3) is 6.90. The topological polar surface area (TPSA) is 96.0 Å². The van der Waals surface area contributed by atoms with Crippen molar-refractivity contribution in [3.63, 3.8) is 0 Å². The molecule has 0 radical (unpaired) electrons. The zero-order valence-corrected chi connectivity index (χ0v) is 23.5. The van der Waals surface area contributed by atoms with Crippen LogP contribution in [-0.2, 0) is 26.2 Å². The molecule has 3 aromatic rings. The molecule has 0 unspecified atom stereocenters. The fraction of sp³-hybridized carbons (Fsp3) is 0.259. The third-order valence-corrected chi connectivity index (χ3v) is 8.24. The Bertz CT molecular complexity index is 1330. The molecule has 0 aliphatic rings. The number of methoxy groups -OCH3 is 1. The smallest absolute Gasteiger partial charge is 0.264 e. The first-order valence-corrected chi connectivity index (χ1v) is 13.8. The molecule has 0 fully saturated rings. The third-order valence-electron chi connectivity index (χ3n) is 5.93. The summed E-state index contributed by atoms with van der Waals surface area (Å²) in [6.45, 7) is 3.10. The molecule has 8 nitrogen and oxygen atoms in total. The predicted octanol–water partition coefficient (Wildman–Crippen LogP) is 4.12. The zero-order valence-electron chi connectivity index (χ0n) is 21.1. The number of carbonyl (C=O) groups excluding carboxylic acids is 2. The number of ether oxygens (including phenoxy) is 1. The second-order valence-electron chi connectivity index (χ2n) is 8.46. The highest BCUT2D eigenvalue weighted by Crippen LogP contribution is 2.27. The average molecular weight is 589 g/mol. The number of benzene rings is 3. The van der Waals surface area contributed by atoms with Gasteiger partial charge in [-0.2, -0.15) is 0 Å². The summed E-state index contributed by atoms with van der Waals surface area (Å²) in [5.74, 6) is -0.332. The van der Waals surface area contributed by atoms with Gasteiger partial charge < -0.3 is 15.0 Å². The van der Waals surface area contributed by atoms with E-state index in [2.05, 4.69) is 21.2 Å². The summed E-state index contributed by atoms with van der Waals surface area (Å²) in [7, 11) is -1.10. The first-order chi connectivity index (χ1) is 17.6. The van der Waals surface area contributed by atoms with Crippen LogP contribution in [0.1, 0.15) is 18.1 Å². The molecule has 0 heterocycles. The molecule has 0 aliphatic carbocycles. The van der Waals surface area contributed by atoms with E-state index in [0.717, 1.165) is 19.9 Å². The van der Waals surface area contributed by atoms with E-state index in [4.69, 9.17) is 4.74 Å². The van der Waals surface area contributed by atoms with Crippen molar-refractivity contribution in [1.29, 1.82) is 0 Å². The van der Waals surface area contributed by atoms with Gasteiger partial charge in [-0.1, -0.05) is 45.8 Å². The quantitative estimate of drug-likeness (QED) is 0.385. The van der Waals surface area contributed by atoms with E-state index in [1.54, 1.807) is 43.3 Å². The molecule has 3 aromatic carbocycles. The van der Waals surface area contributed by atoms with Gasteiger partial charge in [0.2, 0.25) is 11.8 Å². The van der Waals surface area contributed by atoms with Gasteiger partial charge in [-0.15, -0.1) is 0 Å². The molecule has 0 aliphatic heterocycles. The van der Waals surface area contributed by atoms with Gasteiger partial charge >= 0.3 is 0 Å². The molecule has 37 heavy (non-hydrogen) atoms. The minimum atomic E-state index is -4.11. The van der Waals surface area contributed by atoms with E-state index in [-0.39, 0.29) is 17.3 Å². The Morgan fingerprint density at radius 1 is 0.973 bits per heavy atom. The van der Waals surface area contributed by atoms with E-state index < -0.39 is 28.5 Å². The molecular formula is C27H30BrN3O5S. The molecule has 10 heteroatoms. The summed E-state index contributed by atoms with van der Waals surface area (Å²) < 4.78 is 34.6. The van der Waals surface area contributed by atoms with E-state index in [9.17, 15) is 18.0 Å². The monoisotopic (exact) mass is 587 g/mol. The molecule has 0 spiro atoms. The predicted molar refractivity (Wildman–Crippen MR) is 147 cm³/mol. The SMILES string of the molecule is CNC(=O)[C@H](C)N(Cc1ccc(Br)cc1)C(=O)CN(c1ccc(OC)cc1)S(=O)(=O)c1ccc(C)cc1. The highest BCUT2D eigenvalue weighted by atomic mass is 79.9. The van der Waals surface area contributed by atoms with Gasteiger partial charge in [0.1, 0.15) is 18.3 Å². The van der Waals surface area contributed by atoms with Crippen LogP contribution in [0.2, 0.25) is 0 Å². The van der Waals surface area contributed by atoms with Crippen LogP contribution in [0, 0.1) is 6.92 Å². The summed E-state index contributed by atoms with van der Waals surface area (Å²) in [5, 5.41) is 2.57. The van der Waals surface area contributed by atoms with Gasteiger partial charge in [0.05, 0.1) is 17.7 Å². The largest absolute Gasteiger partial charge is 0.497 e. The van der Waals surface area contributed by atoms with Crippen molar-refractivity contribution >= 4 is 43.5 Å². The molecular weight excluding hydrogens is 558 g/mol. The Hall–Kier alpha value is -3.37. The maximum Gasteiger partial charge on any atom is 0.264 e. The molecule has 2 amide bonds.